The molecule has 154 valence electrons. The van der Waals surface area contributed by atoms with Gasteiger partial charge in [0.1, 0.15) is 11.7 Å². The molecule has 3 aromatic rings. The third kappa shape index (κ3) is 3.13. The molecule has 3 heterocycles. The molecule has 1 fully saturated rings. The van der Waals surface area contributed by atoms with Crippen LogP contribution in [0.3, 0.4) is 0 Å². The van der Waals surface area contributed by atoms with Crippen molar-refractivity contribution in [2.45, 2.75) is 25.4 Å². The lowest BCUT2D eigenvalue weighted by atomic mass is 10.0. The minimum Gasteiger partial charge on any atom is -0.364 e. The van der Waals surface area contributed by atoms with Gasteiger partial charge in [-0.1, -0.05) is 30.3 Å². The Balaban J connectivity index is 1.52. The predicted molar refractivity (Wildman–Crippen MR) is 112 cm³/mol. The third-order valence-electron chi connectivity index (χ3n) is 5.79. The molecule has 31 heavy (non-hydrogen) atoms. The summed E-state index contributed by atoms with van der Waals surface area (Å²) in [6, 6.07) is 13.9. The largest absolute Gasteiger partial charge is 0.364 e. The molecule has 0 radical (unpaired) electrons. The lowest BCUT2D eigenvalue weighted by Gasteiger charge is -2.29. The van der Waals surface area contributed by atoms with Crippen molar-refractivity contribution in [3.63, 3.8) is 0 Å². The van der Waals surface area contributed by atoms with Crippen LogP contribution in [0, 0.1) is 0 Å². The number of hydrogen-bond donors (Lipinski definition) is 2. The fraction of sp³-hybridized carbons (Fsp3) is 0.174. The van der Waals surface area contributed by atoms with E-state index in [0.29, 0.717) is 23.1 Å². The predicted octanol–water partition coefficient (Wildman–Crippen LogP) is 1.76. The molecule has 1 saturated heterocycles. The number of nitrogens with two attached hydrogens (primary N) is 1. The van der Waals surface area contributed by atoms with E-state index in [1.54, 1.807) is 18.2 Å². The summed E-state index contributed by atoms with van der Waals surface area (Å²) in [4.78, 5) is 54.4. The van der Waals surface area contributed by atoms with Crippen molar-refractivity contribution in [1.82, 2.24) is 15.2 Å². The summed E-state index contributed by atoms with van der Waals surface area (Å²) in [6.07, 6.45) is 0.518. The highest BCUT2D eigenvalue weighted by atomic mass is 16.2. The number of rotatable bonds is 3. The van der Waals surface area contributed by atoms with Gasteiger partial charge in [0.15, 0.2) is 0 Å². The average molecular weight is 414 g/mol. The van der Waals surface area contributed by atoms with E-state index in [1.807, 2.05) is 30.3 Å². The van der Waals surface area contributed by atoms with Crippen molar-refractivity contribution in [3.8, 4) is 11.3 Å². The fourth-order valence-corrected chi connectivity index (χ4v) is 4.27. The zero-order valence-electron chi connectivity index (χ0n) is 16.4. The molecule has 0 aliphatic carbocycles. The van der Waals surface area contributed by atoms with E-state index >= 15 is 0 Å². The Bertz CT molecular complexity index is 1300. The van der Waals surface area contributed by atoms with Gasteiger partial charge in [0.25, 0.3) is 11.8 Å². The van der Waals surface area contributed by atoms with Gasteiger partial charge in [-0.15, -0.1) is 0 Å². The molecular formula is C23H18N4O4. The van der Waals surface area contributed by atoms with Crippen LogP contribution in [0.2, 0.25) is 0 Å². The summed E-state index contributed by atoms with van der Waals surface area (Å²) in [5.74, 6) is -1.61. The zero-order chi connectivity index (χ0) is 21.7. The van der Waals surface area contributed by atoms with Crippen LogP contribution in [-0.4, -0.2) is 39.6 Å². The molecule has 0 bridgehead atoms. The molecule has 3 N–H and O–H groups in total. The highest BCUT2D eigenvalue weighted by molar-refractivity contribution is 6.07. The smallest absolute Gasteiger partial charge is 0.267 e. The van der Waals surface area contributed by atoms with Gasteiger partial charge in [-0.2, -0.15) is 0 Å². The van der Waals surface area contributed by atoms with Gasteiger partial charge in [0.05, 0.1) is 5.69 Å². The lowest BCUT2D eigenvalue weighted by Crippen LogP contribution is -2.52. The first-order valence-electron chi connectivity index (χ1n) is 9.90. The van der Waals surface area contributed by atoms with Crippen LogP contribution in [0.5, 0.6) is 0 Å². The minimum absolute atomic E-state index is 0.190. The summed E-state index contributed by atoms with van der Waals surface area (Å²) in [5, 5.41) is 3.81. The summed E-state index contributed by atoms with van der Waals surface area (Å²) in [6.45, 7) is 0.268. The van der Waals surface area contributed by atoms with Crippen LogP contribution in [0.1, 0.15) is 39.3 Å². The van der Waals surface area contributed by atoms with Crippen molar-refractivity contribution in [2.75, 3.05) is 0 Å². The summed E-state index contributed by atoms with van der Waals surface area (Å²) in [7, 11) is 0. The monoisotopic (exact) mass is 414 g/mol. The molecule has 8 heteroatoms. The zero-order valence-corrected chi connectivity index (χ0v) is 16.4. The van der Waals surface area contributed by atoms with E-state index in [1.165, 1.54) is 4.90 Å². The molecule has 0 saturated carbocycles. The van der Waals surface area contributed by atoms with Gasteiger partial charge >= 0.3 is 0 Å². The van der Waals surface area contributed by atoms with E-state index in [4.69, 9.17) is 5.73 Å². The minimum atomic E-state index is -0.665. The Morgan fingerprint density at radius 1 is 1.10 bits per heavy atom. The standard InChI is InChI=1S/C23H18N4O4/c24-21(29)20-15-4-2-1-3-12(15)10-17(25-20)13-5-6-16-14(9-13)11-27(23(16)31)18-7-8-19(28)26-22(18)30/h1-6,9-10,18H,7-8,11H2,(H2,24,29)(H,26,28,30)/t18-/m0/s1. The van der Waals surface area contributed by atoms with E-state index in [0.717, 1.165) is 16.5 Å². The van der Waals surface area contributed by atoms with Crippen LogP contribution >= 0.6 is 0 Å². The van der Waals surface area contributed by atoms with Crippen LogP contribution in [0.15, 0.2) is 48.5 Å². The van der Waals surface area contributed by atoms with Crippen LogP contribution < -0.4 is 11.1 Å². The van der Waals surface area contributed by atoms with E-state index < -0.39 is 17.9 Å². The molecule has 0 unspecified atom stereocenters. The second-order valence-corrected chi connectivity index (χ2v) is 7.71. The average Bonchev–Trinajstić information content (AvgIpc) is 3.08. The highest BCUT2D eigenvalue weighted by Gasteiger charge is 2.39. The molecule has 1 aromatic heterocycles. The second kappa shape index (κ2) is 7.02. The van der Waals surface area contributed by atoms with Crippen molar-refractivity contribution in [2.24, 2.45) is 5.73 Å². The van der Waals surface area contributed by atoms with Crippen LogP contribution in [-0.2, 0) is 16.1 Å². The van der Waals surface area contributed by atoms with Gasteiger partial charge in [-0.25, -0.2) is 4.98 Å². The number of amides is 4. The number of fused-ring (bicyclic) bond motifs is 2. The van der Waals surface area contributed by atoms with Gasteiger partial charge in [-0.05, 0) is 35.6 Å². The Morgan fingerprint density at radius 2 is 1.90 bits per heavy atom. The Labute approximate surface area is 177 Å². The molecule has 8 nitrogen and oxygen atoms in total. The molecule has 1 atom stereocenters. The SMILES string of the molecule is NC(=O)c1nc(-c2ccc3c(c2)CN([C@H]2CCC(=O)NC2=O)C3=O)cc2ccccc12. The van der Waals surface area contributed by atoms with Crippen LogP contribution in [0.4, 0.5) is 0 Å². The van der Waals surface area contributed by atoms with E-state index in [2.05, 4.69) is 10.3 Å². The number of nitrogens with zero attached hydrogens (tertiary/aromatic N) is 2. The third-order valence-corrected chi connectivity index (χ3v) is 5.79. The second-order valence-electron chi connectivity index (χ2n) is 7.71. The van der Waals surface area contributed by atoms with Crippen molar-refractivity contribution in [1.29, 1.82) is 0 Å². The quantitative estimate of drug-likeness (QED) is 0.633. The van der Waals surface area contributed by atoms with E-state index in [-0.39, 0.29) is 30.5 Å². The first-order valence-corrected chi connectivity index (χ1v) is 9.90. The van der Waals surface area contributed by atoms with Gasteiger partial charge in [-0.3, -0.25) is 24.5 Å². The normalized spacial score (nSPS) is 18.3. The Hall–Kier alpha value is -4.07. The molecule has 2 aliphatic rings. The molecule has 5 rings (SSSR count). The van der Waals surface area contributed by atoms with Crippen molar-refractivity contribution < 1.29 is 19.2 Å². The maximum absolute atomic E-state index is 12.9. The maximum Gasteiger partial charge on any atom is 0.267 e. The number of piperidine rings is 1. The van der Waals surface area contributed by atoms with Gasteiger partial charge in [0, 0.05) is 29.5 Å². The topological polar surface area (TPSA) is 122 Å². The molecule has 2 aliphatic heterocycles. The number of aromatic nitrogens is 1. The maximum atomic E-state index is 12.9. The molecule has 4 amide bonds. The molecular weight excluding hydrogens is 396 g/mol. The Morgan fingerprint density at radius 3 is 2.68 bits per heavy atom. The van der Waals surface area contributed by atoms with Crippen LogP contribution in [0.25, 0.3) is 22.0 Å². The number of nitrogens with one attached hydrogen (secondary N) is 1. The van der Waals surface area contributed by atoms with Gasteiger partial charge < -0.3 is 10.6 Å². The molecule has 2 aromatic carbocycles. The number of benzene rings is 2. The fourth-order valence-electron chi connectivity index (χ4n) is 4.27. The highest BCUT2D eigenvalue weighted by Crippen LogP contribution is 2.32. The van der Waals surface area contributed by atoms with Crippen molar-refractivity contribution in [3.05, 3.63) is 65.4 Å². The number of hydrogen-bond acceptors (Lipinski definition) is 5. The first kappa shape index (κ1) is 18.9. The van der Waals surface area contributed by atoms with E-state index in [9.17, 15) is 19.2 Å². The first-order chi connectivity index (χ1) is 14.9. The van der Waals surface area contributed by atoms with Crippen molar-refractivity contribution >= 4 is 34.4 Å². The number of imide groups is 1. The lowest BCUT2D eigenvalue weighted by molar-refractivity contribution is -0.136. The summed E-state index contributed by atoms with van der Waals surface area (Å²) < 4.78 is 0. The number of primary amides is 1. The summed E-state index contributed by atoms with van der Waals surface area (Å²) >= 11 is 0. The number of pyridine rings is 1. The molecule has 0 spiro atoms. The Kier molecular flexibility index (Phi) is 4.28. The van der Waals surface area contributed by atoms with Gasteiger partial charge in [0.2, 0.25) is 11.8 Å². The number of carbonyl (C=O) groups is 4. The number of carbonyl (C=O) groups excluding carboxylic acids is 4. The summed E-state index contributed by atoms with van der Waals surface area (Å²) in [5.41, 5.74) is 8.33.